The summed E-state index contributed by atoms with van der Waals surface area (Å²) in [6.07, 6.45) is 3.10. The molecule has 0 aromatic rings. The molecule has 0 aromatic carbocycles. The van der Waals surface area contributed by atoms with Crippen LogP contribution in [0.15, 0.2) is 0 Å². The Hall–Kier alpha value is -1.10. The number of nitrogens with zero attached hydrogens (tertiary/aromatic N) is 1. The summed E-state index contributed by atoms with van der Waals surface area (Å²) in [5.74, 6) is 0.375. The van der Waals surface area contributed by atoms with E-state index in [2.05, 4.69) is 17.1 Å². The van der Waals surface area contributed by atoms with Crippen molar-refractivity contribution in [2.75, 3.05) is 26.7 Å². The maximum Gasteiger partial charge on any atom is 0.328 e. The van der Waals surface area contributed by atoms with Crippen molar-refractivity contribution >= 4 is 11.9 Å². The van der Waals surface area contributed by atoms with Gasteiger partial charge in [-0.3, -0.25) is 9.69 Å². The zero-order valence-corrected chi connectivity index (χ0v) is 13.1. The van der Waals surface area contributed by atoms with Crippen LogP contribution in [0.5, 0.6) is 0 Å². The second-order valence-electron chi connectivity index (χ2n) is 5.91. The Morgan fingerprint density at radius 2 is 1.95 bits per heavy atom. The zero-order valence-electron chi connectivity index (χ0n) is 13.1. The molecule has 0 radical (unpaired) electrons. The Balaban J connectivity index is 2.47. The predicted molar refractivity (Wildman–Crippen MR) is 78.2 cm³/mol. The lowest BCUT2D eigenvalue weighted by molar-refractivity contribution is -0.146. The predicted octanol–water partition coefficient (Wildman–Crippen LogP) is 1.42. The van der Waals surface area contributed by atoms with E-state index in [4.69, 9.17) is 4.74 Å². The molecule has 0 bridgehead atoms. The molecule has 2 atom stereocenters. The average Bonchev–Trinajstić information content (AvgIpc) is 2.45. The van der Waals surface area contributed by atoms with Gasteiger partial charge in [-0.2, -0.15) is 0 Å². The number of ether oxygens (including phenoxy) is 1. The molecule has 1 fully saturated rings. The van der Waals surface area contributed by atoms with Crippen molar-refractivity contribution < 1.29 is 14.3 Å². The second kappa shape index (κ2) is 8.25. The van der Waals surface area contributed by atoms with Crippen LogP contribution in [-0.2, 0) is 14.3 Å². The maximum atomic E-state index is 12.1. The Bertz CT molecular complexity index is 325. The topological polar surface area (TPSA) is 58.6 Å². The van der Waals surface area contributed by atoms with E-state index in [9.17, 15) is 9.59 Å². The van der Waals surface area contributed by atoms with Gasteiger partial charge in [0.2, 0.25) is 5.91 Å². The third kappa shape index (κ3) is 5.12. The number of nitrogens with one attached hydrogen (secondary N) is 1. The van der Waals surface area contributed by atoms with Gasteiger partial charge in [-0.1, -0.05) is 27.2 Å². The third-order valence-corrected chi connectivity index (χ3v) is 4.23. The second-order valence-corrected chi connectivity index (χ2v) is 5.91. The Morgan fingerprint density at radius 1 is 1.35 bits per heavy atom. The van der Waals surface area contributed by atoms with E-state index in [-0.39, 0.29) is 17.8 Å². The molecule has 1 heterocycles. The molecule has 1 aliphatic rings. The highest BCUT2D eigenvalue weighted by atomic mass is 16.5. The lowest BCUT2D eigenvalue weighted by Gasteiger charge is -2.30. The van der Waals surface area contributed by atoms with Crippen molar-refractivity contribution in [2.24, 2.45) is 11.8 Å². The first kappa shape index (κ1) is 17.0. The van der Waals surface area contributed by atoms with E-state index < -0.39 is 6.04 Å². The minimum absolute atomic E-state index is 0.0766. The molecule has 116 valence electrons. The van der Waals surface area contributed by atoms with Gasteiger partial charge in [0.25, 0.3) is 0 Å². The monoisotopic (exact) mass is 284 g/mol. The number of hydrogen-bond donors (Lipinski definition) is 1. The molecule has 1 N–H and O–H groups in total. The van der Waals surface area contributed by atoms with E-state index in [1.165, 1.54) is 7.11 Å². The summed E-state index contributed by atoms with van der Waals surface area (Å²) >= 11 is 0. The van der Waals surface area contributed by atoms with E-state index in [1.807, 2.05) is 13.8 Å². The van der Waals surface area contributed by atoms with Crippen molar-refractivity contribution in [3.05, 3.63) is 0 Å². The number of piperidine rings is 1. The van der Waals surface area contributed by atoms with Crippen LogP contribution in [0.2, 0.25) is 0 Å². The number of rotatable bonds is 6. The zero-order chi connectivity index (χ0) is 15.1. The van der Waals surface area contributed by atoms with Gasteiger partial charge in [0.1, 0.15) is 6.04 Å². The number of esters is 1. The summed E-state index contributed by atoms with van der Waals surface area (Å²) in [4.78, 5) is 26.0. The molecular formula is C15H28N2O3. The van der Waals surface area contributed by atoms with E-state index in [1.54, 1.807) is 0 Å². The van der Waals surface area contributed by atoms with E-state index >= 15 is 0 Å². The van der Waals surface area contributed by atoms with Gasteiger partial charge in [-0.15, -0.1) is 0 Å². The van der Waals surface area contributed by atoms with Crippen molar-refractivity contribution in [3.63, 3.8) is 0 Å². The Labute approximate surface area is 122 Å². The largest absolute Gasteiger partial charge is 0.467 e. The summed E-state index contributed by atoms with van der Waals surface area (Å²) in [7, 11) is 1.36. The first-order chi connectivity index (χ1) is 9.47. The van der Waals surface area contributed by atoms with Gasteiger partial charge in [-0.05, 0) is 37.8 Å². The van der Waals surface area contributed by atoms with Crippen molar-refractivity contribution in [2.45, 2.75) is 46.1 Å². The number of likely N-dealkylation sites (tertiary alicyclic amines) is 1. The number of carbonyl (C=O) groups excluding carboxylic acids is 2. The summed E-state index contributed by atoms with van der Waals surface area (Å²) < 4.78 is 4.77. The molecule has 2 unspecified atom stereocenters. The van der Waals surface area contributed by atoms with Gasteiger partial charge in [0.05, 0.1) is 13.7 Å². The lowest BCUT2D eigenvalue weighted by Crippen LogP contribution is -2.49. The van der Waals surface area contributed by atoms with Gasteiger partial charge in [0, 0.05) is 0 Å². The smallest absolute Gasteiger partial charge is 0.328 e. The van der Waals surface area contributed by atoms with Crippen LogP contribution in [0.1, 0.15) is 40.0 Å². The van der Waals surface area contributed by atoms with Crippen molar-refractivity contribution in [1.82, 2.24) is 10.2 Å². The lowest BCUT2D eigenvalue weighted by atomic mass is 9.98. The fourth-order valence-corrected chi connectivity index (χ4v) is 2.44. The van der Waals surface area contributed by atoms with Crippen molar-refractivity contribution in [3.8, 4) is 0 Å². The highest BCUT2D eigenvalue weighted by Crippen LogP contribution is 2.15. The molecule has 0 aliphatic carbocycles. The van der Waals surface area contributed by atoms with Crippen LogP contribution >= 0.6 is 0 Å². The number of hydrogen-bond acceptors (Lipinski definition) is 4. The molecule has 0 spiro atoms. The van der Waals surface area contributed by atoms with Crippen molar-refractivity contribution in [1.29, 1.82) is 0 Å². The van der Waals surface area contributed by atoms with Crippen LogP contribution in [0.3, 0.4) is 0 Å². The van der Waals surface area contributed by atoms with E-state index in [0.717, 1.165) is 38.3 Å². The molecule has 20 heavy (non-hydrogen) atoms. The maximum absolute atomic E-state index is 12.1. The molecule has 1 amide bonds. The molecule has 0 saturated carbocycles. The van der Waals surface area contributed by atoms with Gasteiger partial charge >= 0.3 is 5.97 Å². The minimum Gasteiger partial charge on any atom is -0.467 e. The molecule has 1 saturated heterocycles. The molecule has 0 aromatic heterocycles. The highest BCUT2D eigenvalue weighted by molar-refractivity contribution is 5.85. The minimum atomic E-state index is -0.541. The highest BCUT2D eigenvalue weighted by Gasteiger charge is 2.27. The average molecular weight is 284 g/mol. The van der Waals surface area contributed by atoms with Gasteiger partial charge in [0.15, 0.2) is 0 Å². The van der Waals surface area contributed by atoms with Crippen LogP contribution in [0, 0.1) is 11.8 Å². The fourth-order valence-electron chi connectivity index (χ4n) is 2.44. The Kier molecular flexibility index (Phi) is 6.99. The van der Waals surface area contributed by atoms with Gasteiger partial charge in [-0.25, -0.2) is 4.79 Å². The normalized spacial score (nSPS) is 20.2. The fraction of sp³-hybridized carbons (Fsp3) is 0.867. The molecule has 5 nitrogen and oxygen atoms in total. The number of carbonyl (C=O) groups is 2. The number of amides is 1. The Morgan fingerprint density at radius 3 is 2.45 bits per heavy atom. The first-order valence-corrected chi connectivity index (χ1v) is 7.57. The van der Waals surface area contributed by atoms with E-state index in [0.29, 0.717) is 6.54 Å². The standard InChI is InChI=1S/C15H28N2O3/c1-5-12(3)14(15(19)20-4)16-13(18)10-17-8-6-11(2)7-9-17/h11-12,14H,5-10H2,1-4H3,(H,16,18). The van der Waals surface area contributed by atoms with Gasteiger partial charge < -0.3 is 10.1 Å². The summed E-state index contributed by atoms with van der Waals surface area (Å²) in [5.41, 5.74) is 0. The summed E-state index contributed by atoms with van der Waals surface area (Å²) in [6, 6.07) is -0.541. The van der Waals surface area contributed by atoms with Crippen LogP contribution in [0.4, 0.5) is 0 Å². The third-order valence-electron chi connectivity index (χ3n) is 4.23. The molecule has 5 heteroatoms. The summed E-state index contributed by atoms with van der Waals surface area (Å²) in [6.45, 7) is 8.48. The van der Waals surface area contributed by atoms with Crippen LogP contribution in [-0.4, -0.2) is 49.6 Å². The molecular weight excluding hydrogens is 256 g/mol. The SMILES string of the molecule is CCC(C)C(NC(=O)CN1CCC(C)CC1)C(=O)OC. The summed E-state index contributed by atoms with van der Waals surface area (Å²) in [5, 5.41) is 2.82. The quantitative estimate of drug-likeness (QED) is 0.750. The number of methoxy groups -OCH3 is 1. The first-order valence-electron chi connectivity index (χ1n) is 7.57. The van der Waals surface area contributed by atoms with Crippen LogP contribution < -0.4 is 5.32 Å². The molecule has 1 rings (SSSR count). The molecule has 1 aliphatic heterocycles. The van der Waals surface area contributed by atoms with Crippen LogP contribution in [0.25, 0.3) is 0 Å².